The first-order valence-corrected chi connectivity index (χ1v) is 14.1. The third-order valence-electron chi connectivity index (χ3n) is 7.59. The smallest absolute Gasteiger partial charge is 0.243 e. The van der Waals surface area contributed by atoms with Gasteiger partial charge in [-0.2, -0.15) is 0 Å². The topological polar surface area (TPSA) is 99.8 Å². The molecule has 0 radical (unpaired) electrons. The summed E-state index contributed by atoms with van der Waals surface area (Å²) in [5, 5.41) is 9.12. The number of amides is 3. The van der Waals surface area contributed by atoms with Crippen LogP contribution >= 0.6 is 0 Å². The normalized spacial score (nSPS) is 23.2. The molecule has 1 heterocycles. The molecule has 0 bridgehead atoms. The Morgan fingerprint density at radius 1 is 1.00 bits per heavy atom. The van der Waals surface area contributed by atoms with Crippen LogP contribution in [0.4, 0.5) is 4.39 Å². The van der Waals surface area contributed by atoms with Crippen molar-refractivity contribution in [1.82, 2.24) is 20.9 Å². The number of benzene rings is 2. The number of ether oxygens (including phenoxy) is 1. The maximum atomic E-state index is 13.5. The molecule has 0 unspecified atom stereocenters. The highest BCUT2D eigenvalue weighted by atomic mass is 19.1. The Balaban J connectivity index is 1.90. The molecule has 1 aliphatic heterocycles. The van der Waals surface area contributed by atoms with Crippen LogP contribution in [-0.2, 0) is 26.2 Å². The molecule has 218 valence electrons. The van der Waals surface area contributed by atoms with Gasteiger partial charge in [-0.3, -0.25) is 14.4 Å². The number of fused-ring (bicyclic) bond motifs is 1. The number of para-hydroxylation sites is 1. The summed E-state index contributed by atoms with van der Waals surface area (Å²) in [6.45, 7) is 9.07. The van der Waals surface area contributed by atoms with Crippen molar-refractivity contribution in [2.45, 2.75) is 76.9 Å². The monoisotopic (exact) mass is 554 g/mol. The average molecular weight is 555 g/mol. The lowest BCUT2D eigenvalue weighted by Crippen LogP contribution is -2.56. The molecule has 3 N–H and O–H groups in total. The first-order valence-electron chi connectivity index (χ1n) is 14.1. The minimum absolute atomic E-state index is 0.183. The van der Waals surface area contributed by atoms with E-state index in [9.17, 15) is 18.8 Å². The molecule has 3 rings (SSSR count). The second-order valence-corrected chi connectivity index (χ2v) is 11.1. The van der Waals surface area contributed by atoms with Gasteiger partial charge in [0.25, 0.3) is 0 Å². The van der Waals surface area contributed by atoms with E-state index in [-0.39, 0.29) is 29.5 Å². The molecule has 8 nitrogen and oxygen atoms in total. The Morgan fingerprint density at radius 3 is 2.40 bits per heavy atom. The van der Waals surface area contributed by atoms with Crippen LogP contribution in [0.25, 0.3) is 0 Å². The summed E-state index contributed by atoms with van der Waals surface area (Å²) in [6.07, 6.45) is 2.22. The van der Waals surface area contributed by atoms with Crippen molar-refractivity contribution in [1.29, 1.82) is 0 Å². The van der Waals surface area contributed by atoms with E-state index in [1.165, 1.54) is 17.0 Å². The van der Waals surface area contributed by atoms with Crippen molar-refractivity contribution in [2.75, 3.05) is 26.7 Å². The summed E-state index contributed by atoms with van der Waals surface area (Å²) < 4.78 is 19.6. The number of carbonyl (C=O) groups is 3. The van der Waals surface area contributed by atoms with Crippen molar-refractivity contribution >= 4 is 17.7 Å². The Kier molecular flexibility index (Phi) is 11.1. The molecule has 2 aromatic rings. The zero-order valence-corrected chi connectivity index (χ0v) is 24.3. The molecule has 1 aliphatic rings. The number of halogens is 1. The van der Waals surface area contributed by atoms with Crippen LogP contribution in [0.5, 0.6) is 5.75 Å². The maximum absolute atomic E-state index is 13.5. The summed E-state index contributed by atoms with van der Waals surface area (Å²) in [4.78, 5) is 41.4. The highest BCUT2D eigenvalue weighted by molar-refractivity contribution is 5.93. The van der Waals surface area contributed by atoms with Crippen LogP contribution in [-0.4, -0.2) is 67.5 Å². The van der Waals surface area contributed by atoms with Gasteiger partial charge in [0.2, 0.25) is 17.7 Å². The maximum Gasteiger partial charge on any atom is 0.243 e. The van der Waals surface area contributed by atoms with Crippen molar-refractivity contribution in [3.8, 4) is 5.75 Å². The van der Waals surface area contributed by atoms with E-state index >= 15 is 0 Å². The predicted octanol–water partition coefficient (Wildman–Crippen LogP) is 3.33. The average Bonchev–Trinajstić information content (AvgIpc) is 2.93. The fraction of sp³-hybridized carbons (Fsp3) is 0.516. The first-order chi connectivity index (χ1) is 19.0. The predicted molar refractivity (Wildman–Crippen MR) is 154 cm³/mol. The molecular formula is C31H43FN4O4. The third-order valence-corrected chi connectivity index (χ3v) is 7.59. The Morgan fingerprint density at radius 2 is 1.70 bits per heavy atom. The van der Waals surface area contributed by atoms with Crippen molar-refractivity contribution < 1.29 is 23.5 Å². The Bertz CT molecular complexity index is 1150. The van der Waals surface area contributed by atoms with Gasteiger partial charge < -0.3 is 25.6 Å². The first kappa shape index (κ1) is 31.1. The van der Waals surface area contributed by atoms with Gasteiger partial charge in [-0.1, -0.05) is 57.5 Å². The number of nitrogens with zero attached hydrogens (tertiary/aromatic N) is 1. The van der Waals surface area contributed by atoms with Crippen LogP contribution in [0.3, 0.4) is 0 Å². The molecular weight excluding hydrogens is 511 g/mol. The second-order valence-electron chi connectivity index (χ2n) is 11.1. The molecule has 0 spiro atoms. The Labute approximate surface area is 237 Å². The quantitative estimate of drug-likeness (QED) is 0.539. The fourth-order valence-corrected chi connectivity index (χ4v) is 4.87. The largest absolute Gasteiger partial charge is 0.492 e. The number of hydrogen-bond acceptors (Lipinski definition) is 5. The van der Waals surface area contributed by atoms with E-state index in [1.807, 2.05) is 31.2 Å². The van der Waals surface area contributed by atoms with Gasteiger partial charge in [0.1, 0.15) is 30.3 Å². The zero-order chi connectivity index (χ0) is 29.3. The highest BCUT2D eigenvalue weighted by Crippen LogP contribution is 2.34. The zero-order valence-electron chi connectivity index (χ0n) is 24.3. The third kappa shape index (κ3) is 8.27. The van der Waals surface area contributed by atoms with Gasteiger partial charge >= 0.3 is 0 Å². The SMILES string of the molecule is CCC[C@@H]1NCCOc2ccccc2C(C)(C)CCNC(=O)[C@@H](Cc2ccc(F)cc2)NC(=O)[C@@H](C)N(C)C1=O. The molecule has 0 saturated carbocycles. The summed E-state index contributed by atoms with van der Waals surface area (Å²) in [7, 11) is 1.60. The van der Waals surface area contributed by atoms with Gasteiger partial charge in [0.15, 0.2) is 0 Å². The lowest BCUT2D eigenvalue weighted by Gasteiger charge is -2.31. The van der Waals surface area contributed by atoms with Gasteiger partial charge in [0.05, 0.1) is 6.04 Å². The minimum Gasteiger partial charge on any atom is -0.492 e. The van der Waals surface area contributed by atoms with E-state index in [2.05, 4.69) is 29.8 Å². The van der Waals surface area contributed by atoms with E-state index in [0.29, 0.717) is 38.1 Å². The molecule has 0 saturated heterocycles. The second kappa shape index (κ2) is 14.3. The van der Waals surface area contributed by atoms with Crippen molar-refractivity contribution in [2.24, 2.45) is 0 Å². The number of likely N-dealkylation sites (N-methyl/N-ethyl adjacent to an activating group) is 1. The van der Waals surface area contributed by atoms with Crippen molar-refractivity contribution in [3.63, 3.8) is 0 Å². The summed E-state index contributed by atoms with van der Waals surface area (Å²) in [6, 6.07) is 11.5. The van der Waals surface area contributed by atoms with Crippen LogP contribution in [0.15, 0.2) is 48.5 Å². The molecule has 3 amide bonds. The summed E-state index contributed by atoms with van der Waals surface area (Å²) in [5.41, 5.74) is 1.42. The molecule has 0 fully saturated rings. The van der Waals surface area contributed by atoms with Crippen LogP contribution in [0.1, 0.15) is 58.1 Å². The minimum atomic E-state index is -0.897. The molecule has 9 heteroatoms. The lowest BCUT2D eigenvalue weighted by molar-refractivity contribution is -0.141. The van der Waals surface area contributed by atoms with Crippen LogP contribution in [0, 0.1) is 5.82 Å². The van der Waals surface area contributed by atoms with E-state index in [4.69, 9.17) is 4.74 Å². The molecule has 3 atom stereocenters. The van der Waals surface area contributed by atoms with Gasteiger partial charge in [-0.05, 0) is 54.5 Å². The Hall–Kier alpha value is -3.46. The van der Waals surface area contributed by atoms with Crippen LogP contribution in [0.2, 0.25) is 0 Å². The lowest BCUT2D eigenvalue weighted by atomic mass is 9.81. The van der Waals surface area contributed by atoms with Gasteiger partial charge in [-0.25, -0.2) is 4.39 Å². The summed E-state index contributed by atoms with van der Waals surface area (Å²) in [5.74, 6) is -0.589. The van der Waals surface area contributed by atoms with Gasteiger partial charge in [0, 0.05) is 26.6 Å². The molecule has 0 aromatic heterocycles. The molecule has 40 heavy (non-hydrogen) atoms. The number of carbonyl (C=O) groups excluding carboxylic acids is 3. The van der Waals surface area contributed by atoms with Gasteiger partial charge in [-0.15, -0.1) is 0 Å². The van der Waals surface area contributed by atoms with E-state index in [1.54, 1.807) is 26.1 Å². The molecule has 2 aromatic carbocycles. The van der Waals surface area contributed by atoms with Crippen LogP contribution < -0.4 is 20.7 Å². The number of hydrogen-bond donors (Lipinski definition) is 3. The summed E-state index contributed by atoms with van der Waals surface area (Å²) >= 11 is 0. The van der Waals surface area contributed by atoms with Crippen molar-refractivity contribution in [3.05, 3.63) is 65.5 Å². The standard InChI is InChI=1S/C31H43FN4O4/c1-6-9-25-30(39)36(5)21(2)28(37)35-26(20-22-12-14-23(32)15-13-22)29(38)34-17-16-31(3,4)24-10-7-8-11-27(24)40-19-18-33-25/h7-8,10-15,21,25-26,33H,6,9,16-20H2,1-5H3,(H,34,38)(H,35,37)/t21-,25+,26-/m1/s1. The molecule has 0 aliphatic carbocycles. The number of nitrogens with one attached hydrogen (secondary N) is 3. The fourth-order valence-electron chi connectivity index (χ4n) is 4.87. The van der Waals surface area contributed by atoms with E-state index in [0.717, 1.165) is 17.7 Å². The van der Waals surface area contributed by atoms with E-state index < -0.39 is 24.0 Å². The number of rotatable bonds is 4. The highest BCUT2D eigenvalue weighted by Gasteiger charge is 2.31.